The predicted molar refractivity (Wildman–Crippen MR) is 266 cm³/mol. The Bertz CT molecular complexity index is 2420. The summed E-state index contributed by atoms with van der Waals surface area (Å²) in [4.78, 5) is 13.2. The Morgan fingerprint density at radius 1 is 0.843 bits per heavy atom. The fraction of sp³-hybridized carbons (Fsp3) is 0.879. The molecule has 0 aromatic carbocycles. The highest BCUT2D eigenvalue weighted by Gasteiger charge is 2.74. The monoisotopic (exact) mass is 993 g/mol. The molecule has 12 aliphatic rings. The lowest BCUT2D eigenvalue weighted by molar-refractivity contribution is -0.408. The van der Waals surface area contributed by atoms with Crippen molar-refractivity contribution in [2.75, 3.05) is 6.61 Å². The molecule has 1 spiro atoms. The molecule has 0 amide bonds. The molecular formula is C58H88O11S. The number of allylic oxidation sites excluding steroid dienone is 4. The van der Waals surface area contributed by atoms with Crippen LogP contribution < -0.4 is 0 Å². The first kappa shape index (κ1) is 50.7. The van der Waals surface area contributed by atoms with Gasteiger partial charge in [0.25, 0.3) is 0 Å². The molecular weight excluding hydrogens is 905 g/mol. The second kappa shape index (κ2) is 15.8. The first-order valence-electron chi connectivity index (χ1n) is 27.8. The van der Waals surface area contributed by atoms with Crippen molar-refractivity contribution in [3.8, 4) is 0 Å². The molecule has 70 heavy (non-hydrogen) atoms. The van der Waals surface area contributed by atoms with E-state index in [2.05, 4.69) is 61.5 Å². The lowest BCUT2D eigenvalue weighted by atomic mass is 9.42. The summed E-state index contributed by atoms with van der Waals surface area (Å²) in [5.74, 6) is 0.509. The normalized spacial score (nSPS) is 50.5. The standard InChI is InChI=1S/C58H88O11S/c1-31(36-15-17-38-34-14-19-45-50(3,4)49(61)42(59)28-55(45,11)40(34)21-23-53(36,38)9)13-20-47-56(12)27-33(52(7,8)69-56)25-43(67-47)32(2)37-16-18-39-35-26-44(68-70(63,64)65)48-51(5,6)58(62)46(60)29-57(48,30-66-58)41(35)22-24-54(37,39)10/h19,31-33,36-39,42-44,46-48,59-60,62H,13-18,20-30H2,1-12H3,(H,63,64,65). The Balaban J connectivity index is 0.828. The van der Waals surface area contributed by atoms with Crippen molar-refractivity contribution < 1.29 is 51.5 Å². The van der Waals surface area contributed by atoms with Gasteiger partial charge in [-0.05, 0) is 190 Å². The quantitative estimate of drug-likeness (QED) is 0.135. The highest BCUT2D eigenvalue weighted by Crippen LogP contribution is 2.73. The summed E-state index contributed by atoms with van der Waals surface area (Å²) in [6.07, 6.45) is 14.0. The SMILES string of the molecule is CC(CCC1OC(C(C)C2CCC3C4=C(CCC32C)C23COC(O)(C(O)C2)C(C)(C)C3C(OS(=O)(=O)O)C4)CC2CC1(C)OC2(C)C)C1CCC2C3=C(CCC21C)C1(C)CC(O)C(=O)C(C)(C)C1=CC3. The summed E-state index contributed by atoms with van der Waals surface area (Å²) in [5, 5.41) is 34.4. The molecule has 8 aliphatic carbocycles. The third kappa shape index (κ3) is 6.83. The molecule has 12 rings (SSSR count). The van der Waals surface area contributed by atoms with E-state index in [9.17, 15) is 33.1 Å². The van der Waals surface area contributed by atoms with Crippen LogP contribution in [0.5, 0.6) is 0 Å². The average molecular weight is 993 g/mol. The van der Waals surface area contributed by atoms with Crippen LogP contribution in [0.1, 0.15) is 186 Å². The van der Waals surface area contributed by atoms with Gasteiger partial charge >= 0.3 is 10.4 Å². The molecule has 392 valence electrons. The van der Waals surface area contributed by atoms with Crippen LogP contribution in [0.3, 0.4) is 0 Å². The number of fused-ring (bicyclic) bond motifs is 10. The maximum atomic E-state index is 13.2. The van der Waals surface area contributed by atoms with Crippen LogP contribution in [0, 0.1) is 79.8 Å². The molecule has 0 radical (unpaired) electrons. The fourth-order valence-corrected chi connectivity index (χ4v) is 21.5. The van der Waals surface area contributed by atoms with E-state index in [1.54, 1.807) is 5.57 Å². The van der Waals surface area contributed by atoms with Crippen molar-refractivity contribution in [1.29, 1.82) is 0 Å². The van der Waals surface area contributed by atoms with Crippen LogP contribution in [0.25, 0.3) is 0 Å². The van der Waals surface area contributed by atoms with E-state index in [0.29, 0.717) is 42.4 Å². The van der Waals surface area contributed by atoms with Gasteiger partial charge in [0.15, 0.2) is 11.6 Å². The van der Waals surface area contributed by atoms with Gasteiger partial charge in [-0.15, -0.1) is 0 Å². The van der Waals surface area contributed by atoms with E-state index < -0.39 is 56.7 Å². The van der Waals surface area contributed by atoms with Crippen molar-refractivity contribution in [2.45, 2.75) is 233 Å². The van der Waals surface area contributed by atoms with Gasteiger partial charge < -0.3 is 29.5 Å². The van der Waals surface area contributed by atoms with Crippen LogP contribution in [0.2, 0.25) is 0 Å². The Morgan fingerprint density at radius 2 is 1.49 bits per heavy atom. The Hall–Kier alpha value is -1.48. The highest BCUT2D eigenvalue weighted by molar-refractivity contribution is 7.80. The van der Waals surface area contributed by atoms with Gasteiger partial charge in [-0.25, -0.2) is 4.18 Å². The first-order chi connectivity index (χ1) is 32.4. The van der Waals surface area contributed by atoms with Crippen molar-refractivity contribution in [2.24, 2.45) is 79.8 Å². The Kier molecular flexibility index (Phi) is 11.4. The number of hydrogen-bond donors (Lipinski definition) is 4. The van der Waals surface area contributed by atoms with Crippen molar-refractivity contribution in [3.05, 3.63) is 33.9 Å². The van der Waals surface area contributed by atoms with E-state index >= 15 is 0 Å². The summed E-state index contributed by atoms with van der Waals surface area (Å²) in [7, 11) is -4.81. The second-order valence-electron chi connectivity index (χ2n) is 28.4. The molecule has 0 aromatic rings. The van der Waals surface area contributed by atoms with Gasteiger partial charge in [0.1, 0.15) is 12.2 Å². The minimum atomic E-state index is -4.81. The first-order valence-corrected chi connectivity index (χ1v) is 29.2. The molecule has 4 heterocycles. The van der Waals surface area contributed by atoms with Gasteiger partial charge in [-0.2, -0.15) is 8.42 Å². The summed E-state index contributed by atoms with van der Waals surface area (Å²) in [6, 6.07) is 0. The van der Waals surface area contributed by atoms with E-state index in [1.807, 2.05) is 27.7 Å². The molecule has 4 bridgehead atoms. The highest BCUT2D eigenvalue weighted by atomic mass is 32.3. The molecule has 4 aliphatic heterocycles. The van der Waals surface area contributed by atoms with Gasteiger partial charge in [0.05, 0.1) is 36.1 Å². The fourth-order valence-electron chi connectivity index (χ4n) is 21.0. The number of carbonyl (C=O) groups is 1. The lowest BCUT2D eigenvalue weighted by Crippen LogP contribution is -2.76. The smallest absolute Gasteiger partial charge is 0.387 e. The van der Waals surface area contributed by atoms with Crippen LogP contribution >= 0.6 is 0 Å². The van der Waals surface area contributed by atoms with Crippen molar-refractivity contribution >= 4 is 16.2 Å². The number of Topliss-reactive ketones (excluding diaryl/α,β-unsaturated/α-hetero) is 1. The predicted octanol–water partition coefficient (Wildman–Crippen LogP) is 10.4. The van der Waals surface area contributed by atoms with Crippen molar-refractivity contribution in [1.82, 2.24) is 0 Å². The van der Waals surface area contributed by atoms with Gasteiger partial charge in [0, 0.05) is 27.6 Å². The molecule has 4 saturated carbocycles. The number of carbonyl (C=O) groups excluding carboxylic acids is 1. The molecule has 0 aromatic heterocycles. The topological polar surface area (TPSA) is 169 Å². The van der Waals surface area contributed by atoms with E-state index in [4.69, 9.17) is 18.4 Å². The summed E-state index contributed by atoms with van der Waals surface area (Å²) >= 11 is 0. The van der Waals surface area contributed by atoms with Gasteiger partial charge in [-0.1, -0.05) is 82.4 Å². The summed E-state index contributed by atoms with van der Waals surface area (Å²) in [6.45, 7) is 27.1. The van der Waals surface area contributed by atoms with Crippen LogP contribution in [0.4, 0.5) is 0 Å². The molecule has 12 heteroatoms. The molecule has 11 nitrogen and oxygen atoms in total. The lowest BCUT2D eigenvalue weighted by Gasteiger charge is -2.69. The number of aliphatic hydroxyl groups excluding tert-OH is 2. The maximum absolute atomic E-state index is 13.2. The summed E-state index contributed by atoms with van der Waals surface area (Å²) in [5.41, 5.74) is 3.71. The van der Waals surface area contributed by atoms with Crippen LogP contribution in [0.15, 0.2) is 33.9 Å². The molecule has 19 atom stereocenters. The average Bonchev–Trinajstić information content (AvgIpc) is 3.84. The number of ether oxygens (including phenoxy) is 3. The van der Waals surface area contributed by atoms with Crippen LogP contribution in [-0.4, -0.2) is 88.2 Å². The number of ketones is 1. The van der Waals surface area contributed by atoms with E-state index in [1.165, 1.54) is 35.1 Å². The largest absolute Gasteiger partial charge is 0.397 e. The third-order valence-electron chi connectivity index (χ3n) is 24.2. The molecule has 4 saturated heterocycles. The Labute approximate surface area is 419 Å². The zero-order chi connectivity index (χ0) is 50.5. The second-order valence-corrected chi connectivity index (χ2v) is 29.5. The molecule has 19 unspecified atom stereocenters. The van der Waals surface area contributed by atoms with Crippen molar-refractivity contribution in [3.63, 3.8) is 0 Å². The Morgan fingerprint density at radius 3 is 2.16 bits per heavy atom. The number of rotatable bonds is 8. The van der Waals surface area contributed by atoms with Crippen LogP contribution in [-0.2, 0) is 33.6 Å². The minimum Gasteiger partial charge on any atom is -0.387 e. The zero-order valence-corrected chi connectivity index (χ0v) is 45.5. The summed E-state index contributed by atoms with van der Waals surface area (Å²) < 4.78 is 61.9. The van der Waals surface area contributed by atoms with E-state index in [0.717, 1.165) is 70.6 Å². The third-order valence-corrected chi connectivity index (χ3v) is 24.7. The maximum Gasteiger partial charge on any atom is 0.397 e. The molecule has 8 fully saturated rings. The van der Waals surface area contributed by atoms with Gasteiger partial charge in [0.2, 0.25) is 0 Å². The zero-order valence-electron chi connectivity index (χ0n) is 44.7. The van der Waals surface area contributed by atoms with Gasteiger partial charge in [-0.3, -0.25) is 9.35 Å². The number of hydrogen-bond acceptors (Lipinski definition) is 10. The number of aliphatic hydroxyl groups is 3. The van der Waals surface area contributed by atoms with E-state index in [-0.39, 0.29) is 70.3 Å². The molecule has 4 N–H and O–H groups in total. The minimum absolute atomic E-state index is 0.0325.